The molecule has 1 unspecified atom stereocenters. The number of pyridine rings is 1. The molecule has 0 N–H and O–H groups in total. The lowest BCUT2D eigenvalue weighted by molar-refractivity contribution is -0.133. The van der Waals surface area contributed by atoms with Crippen LogP contribution in [-0.4, -0.2) is 74.2 Å². The Morgan fingerprint density at radius 1 is 1.23 bits per heavy atom. The molecule has 6 heteroatoms. The van der Waals surface area contributed by atoms with E-state index in [1.807, 2.05) is 25.2 Å². The van der Waals surface area contributed by atoms with E-state index in [0.29, 0.717) is 18.2 Å². The molecule has 1 aromatic heterocycles. The van der Waals surface area contributed by atoms with Gasteiger partial charge in [0.1, 0.15) is 5.82 Å². The van der Waals surface area contributed by atoms with Crippen LogP contribution in [0, 0.1) is 5.92 Å². The first kappa shape index (κ1) is 19.1. The molecule has 0 bridgehead atoms. The summed E-state index contributed by atoms with van der Waals surface area (Å²) < 4.78 is 5.51. The van der Waals surface area contributed by atoms with Crippen LogP contribution in [0.5, 0.6) is 0 Å². The molecule has 6 nitrogen and oxygen atoms in total. The van der Waals surface area contributed by atoms with Gasteiger partial charge in [0.2, 0.25) is 5.91 Å². The Hall–Kier alpha value is -1.66. The van der Waals surface area contributed by atoms with Gasteiger partial charge in [0.25, 0.3) is 0 Å². The number of aromatic nitrogens is 1. The van der Waals surface area contributed by atoms with Crippen molar-refractivity contribution in [3.63, 3.8) is 0 Å². The van der Waals surface area contributed by atoms with Crippen molar-refractivity contribution in [3.05, 3.63) is 23.9 Å². The third-order valence-corrected chi connectivity index (χ3v) is 5.33. The Labute approximate surface area is 157 Å². The molecule has 0 saturated carbocycles. The Morgan fingerprint density at radius 2 is 2.12 bits per heavy atom. The second-order valence-electron chi connectivity index (χ2n) is 7.72. The summed E-state index contributed by atoms with van der Waals surface area (Å²) in [5.41, 5.74) is 1.23. The largest absolute Gasteiger partial charge is 0.381 e. The van der Waals surface area contributed by atoms with Crippen molar-refractivity contribution >= 4 is 11.7 Å². The highest BCUT2D eigenvalue weighted by atomic mass is 16.5. The number of hydrogen-bond donors (Lipinski definition) is 0. The number of anilines is 1. The average molecular weight is 361 g/mol. The van der Waals surface area contributed by atoms with Crippen LogP contribution in [0.25, 0.3) is 0 Å². The second-order valence-corrected chi connectivity index (χ2v) is 7.72. The molecule has 1 amide bonds. The van der Waals surface area contributed by atoms with Crippen LogP contribution in [0.15, 0.2) is 18.3 Å². The van der Waals surface area contributed by atoms with E-state index in [2.05, 4.69) is 26.9 Å². The molecule has 2 saturated heterocycles. The van der Waals surface area contributed by atoms with Crippen molar-refractivity contribution < 1.29 is 9.53 Å². The molecular weight excluding hydrogens is 328 g/mol. The maximum atomic E-state index is 12.6. The summed E-state index contributed by atoms with van der Waals surface area (Å²) in [6, 6.07) is 4.22. The van der Waals surface area contributed by atoms with Crippen LogP contribution in [0.2, 0.25) is 0 Å². The first-order valence-corrected chi connectivity index (χ1v) is 9.82. The Balaban J connectivity index is 1.47. The fourth-order valence-electron chi connectivity index (χ4n) is 3.76. The van der Waals surface area contributed by atoms with E-state index in [1.54, 1.807) is 0 Å². The highest BCUT2D eigenvalue weighted by Crippen LogP contribution is 2.19. The van der Waals surface area contributed by atoms with Gasteiger partial charge in [-0.1, -0.05) is 6.07 Å². The minimum Gasteiger partial charge on any atom is -0.381 e. The van der Waals surface area contributed by atoms with E-state index >= 15 is 0 Å². The minimum atomic E-state index is 0.305. The number of carbonyl (C=O) groups is 1. The van der Waals surface area contributed by atoms with Crippen LogP contribution in [0.3, 0.4) is 0 Å². The second kappa shape index (κ2) is 9.33. The van der Waals surface area contributed by atoms with Crippen LogP contribution in [0.4, 0.5) is 5.82 Å². The summed E-state index contributed by atoms with van der Waals surface area (Å²) in [7, 11) is 4.00. The van der Waals surface area contributed by atoms with Gasteiger partial charge in [-0.2, -0.15) is 0 Å². The van der Waals surface area contributed by atoms with Crippen molar-refractivity contribution in [3.8, 4) is 0 Å². The lowest BCUT2D eigenvalue weighted by Gasteiger charge is -2.26. The smallest absolute Gasteiger partial charge is 0.222 e. The van der Waals surface area contributed by atoms with E-state index in [-0.39, 0.29) is 0 Å². The van der Waals surface area contributed by atoms with E-state index in [4.69, 9.17) is 4.74 Å². The Bertz CT molecular complexity index is 570. The number of ether oxygens (including phenoxy) is 1. The number of nitrogens with zero attached hydrogens (tertiary/aromatic N) is 4. The van der Waals surface area contributed by atoms with Crippen LogP contribution >= 0.6 is 0 Å². The summed E-state index contributed by atoms with van der Waals surface area (Å²) in [4.78, 5) is 23.6. The van der Waals surface area contributed by atoms with Crippen molar-refractivity contribution in [1.82, 2.24) is 14.8 Å². The molecule has 2 aliphatic rings. The quantitative estimate of drug-likeness (QED) is 0.804. The van der Waals surface area contributed by atoms with E-state index in [9.17, 15) is 4.79 Å². The van der Waals surface area contributed by atoms with Gasteiger partial charge in [-0.15, -0.1) is 0 Å². The van der Waals surface area contributed by atoms with E-state index in [1.165, 1.54) is 5.56 Å². The molecule has 0 radical (unpaired) electrons. The molecule has 3 rings (SSSR count). The lowest BCUT2D eigenvalue weighted by atomic mass is 9.98. The number of amides is 1. The summed E-state index contributed by atoms with van der Waals surface area (Å²) in [5.74, 6) is 1.70. The summed E-state index contributed by atoms with van der Waals surface area (Å²) in [5, 5.41) is 0. The highest BCUT2D eigenvalue weighted by Gasteiger charge is 2.23. The zero-order valence-electron chi connectivity index (χ0n) is 16.2. The Morgan fingerprint density at radius 3 is 2.81 bits per heavy atom. The Kier molecular flexibility index (Phi) is 6.86. The zero-order valence-corrected chi connectivity index (χ0v) is 16.2. The van der Waals surface area contributed by atoms with Gasteiger partial charge < -0.3 is 14.5 Å². The van der Waals surface area contributed by atoms with E-state index in [0.717, 1.165) is 71.0 Å². The highest BCUT2D eigenvalue weighted by molar-refractivity contribution is 5.76. The molecule has 1 atom stereocenters. The lowest BCUT2D eigenvalue weighted by Crippen LogP contribution is -2.36. The molecule has 3 heterocycles. The molecule has 0 spiro atoms. The average Bonchev–Trinajstić information content (AvgIpc) is 2.89. The van der Waals surface area contributed by atoms with Crippen LogP contribution in [0.1, 0.15) is 31.2 Å². The normalized spacial score (nSPS) is 22.1. The first-order chi connectivity index (χ1) is 12.6. The van der Waals surface area contributed by atoms with E-state index < -0.39 is 0 Å². The SMILES string of the molecule is CN(C)c1ccc(CN2CCCN(C(=O)CC3CCCOC3)CC2)cn1. The van der Waals surface area contributed by atoms with Gasteiger partial charge in [-0.25, -0.2) is 4.98 Å². The van der Waals surface area contributed by atoms with Gasteiger partial charge in [-0.05, 0) is 36.8 Å². The molecule has 0 aromatic carbocycles. The third-order valence-electron chi connectivity index (χ3n) is 5.33. The molecular formula is C20H32N4O2. The fraction of sp³-hybridized carbons (Fsp3) is 0.700. The maximum absolute atomic E-state index is 12.6. The summed E-state index contributed by atoms with van der Waals surface area (Å²) in [6.45, 7) is 6.18. The van der Waals surface area contributed by atoms with Gasteiger partial charge in [0, 0.05) is 72.7 Å². The number of carbonyl (C=O) groups excluding carboxylic acids is 1. The van der Waals surface area contributed by atoms with Crippen molar-refractivity contribution in [1.29, 1.82) is 0 Å². The van der Waals surface area contributed by atoms with Crippen molar-refractivity contribution in [2.24, 2.45) is 5.92 Å². The standard InChI is InChI=1S/C20H32N4O2/c1-22(2)19-7-6-18(14-21-19)15-23-8-4-9-24(11-10-23)20(25)13-17-5-3-12-26-16-17/h6-7,14,17H,3-5,8-13,15-16H2,1-2H3. The van der Waals surface area contributed by atoms with Crippen LogP contribution < -0.4 is 4.90 Å². The van der Waals surface area contributed by atoms with Gasteiger partial charge in [0.05, 0.1) is 0 Å². The fourth-order valence-corrected chi connectivity index (χ4v) is 3.76. The predicted molar refractivity (Wildman–Crippen MR) is 103 cm³/mol. The first-order valence-electron chi connectivity index (χ1n) is 9.82. The molecule has 1 aromatic rings. The molecule has 2 aliphatic heterocycles. The molecule has 0 aliphatic carbocycles. The van der Waals surface area contributed by atoms with Gasteiger partial charge in [-0.3, -0.25) is 9.69 Å². The van der Waals surface area contributed by atoms with Gasteiger partial charge in [0.15, 0.2) is 0 Å². The molecule has 26 heavy (non-hydrogen) atoms. The van der Waals surface area contributed by atoms with Crippen molar-refractivity contribution in [2.45, 2.75) is 32.2 Å². The van der Waals surface area contributed by atoms with Crippen LogP contribution in [-0.2, 0) is 16.1 Å². The third kappa shape index (κ3) is 5.42. The molecule has 144 valence electrons. The monoisotopic (exact) mass is 360 g/mol. The van der Waals surface area contributed by atoms with Crippen molar-refractivity contribution in [2.75, 3.05) is 58.4 Å². The summed E-state index contributed by atoms with van der Waals surface area (Å²) >= 11 is 0. The zero-order chi connectivity index (χ0) is 18.4. The number of rotatable bonds is 5. The minimum absolute atomic E-state index is 0.305. The summed E-state index contributed by atoms with van der Waals surface area (Å²) in [6.07, 6.45) is 5.87. The maximum Gasteiger partial charge on any atom is 0.222 e. The van der Waals surface area contributed by atoms with Gasteiger partial charge >= 0.3 is 0 Å². The molecule has 2 fully saturated rings. The topological polar surface area (TPSA) is 48.9 Å². The number of hydrogen-bond acceptors (Lipinski definition) is 5. The predicted octanol–water partition coefficient (Wildman–Crippen LogP) is 2.00.